The maximum absolute atomic E-state index is 13.0. The van der Waals surface area contributed by atoms with Crippen molar-refractivity contribution >= 4 is 62.5 Å². The molecule has 0 spiro atoms. The lowest BCUT2D eigenvalue weighted by Crippen LogP contribution is -2.41. The largest absolute Gasteiger partial charge is 0.457 e. The van der Waals surface area contributed by atoms with Gasteiger partial charge in [0.1, 0.15) is 11.5 Å². The van der Waals surface area contributed by atoms with Crippen molar-refractivity contribution in [3.05, 3.63) is 85.8 Å². The zero-order chi connectivity index (χ0) is 28.1. The summed E-state index contributed by atoms with van der Waals surface area (Å²) in [6.07, 6.45) is 0. The number of likely N-dealkylation sites (N-methyl/N-ethyl adjacent to an activating group) is 1. The van der Waals surface area contributed by atoms with Crippen molar-refractivity contribution in [1.82, 2.24) is 9.80 Å². The van der Waals surface area contributed by atoms with Crippen molar-refractivity contribution < 1.29 is 23.9 Å². The van der Waals surface area contributed by atoms with Crippen LogP contribution in [0.5, 0.6) is 11.5 Å². The number of hydrogen-bond acceptors (Lipinski definition) is 5. The molecule has 11 heteroatoms. The third-order valence-electron chi connectivity index (χ3n) is 6.21. The topological polar surface area (TPSA) is 88.2 Å². The van der Waals surface area contributed by atoms with Crippen LogP contribution in [0.15, 0.2) is 59.1 Å². The average Bonchev–Trinajstić information content (AvgIpc) is 2.93. The second kappa shape index (κ2) is 12.8. The van der Waals surface area contributed by atoms with Crippen LogP contribution in [0.2, 0.25) is 10.0 Å². The summed E-state index contributed by atoms with van der Waals surface area (Å²) in [6.45, 7) is 3.83. The molecule has 0 bridgehead atoms. The van der Waals surface area contributed by atoms with Crippen LogP contribution in [0.1, 0.15) is 21.5 Å². The molecule has 0 aliphatic carbocycles. The Labute approximate surface area is 244 Å². The minimum Gasteiger partial charge on any atom is -0.457 e. The maximum atomic E-state index is 13.0. The minimum atomic E-state index is -0.819. The van der Waals surface area contributed by atoms with Gasteiger partial charge in [-0.25, -0.2) is 0 Å². The van der Waals surface area contributed by atoms with Crippen molar-refractivity contribution in [1.29, 1.82) is 0 Å². The summed E-state index contributed by atoms with van der Waals surface area (Å²) in [7, 11) is 1.53. The lowest BCUT2D eigenvalue weighted by atomic mass is 10.0. The molecule has 0 aromatic heterocycles. The number of halogens is 3. The summed E-state index contributed by atoms with van der Waals surface area (Å²) in [5.41, 5.74) is 2.12. The first kappa shape index (κ1) is 28.9. The van der Waals surface area contributed by atoms with E-state index in [0.717, 1.165) is 4.47 Å². The average molecular weight is 635 g/mol. The number of carbonyl (C=O) groups excluding carboxylic acids is 3. The highest BCUT2D eigenvalue weighted by molar-refractivity contribution is 9.10. The van der Waals surface area contributed by atoms with E-state index in [2.05, 4.69) is 21.2 Å². The summed E-state index contributed by atoms with van der Waals surface area (Å²) < 4.78 is 12.1. The lowest BCUT2D eigenvalue weighted by Gasteiger charge is -2.27. The molecule has 0 atom stereocenters. The molecule has 1 N–H and O–H groups in total. The van der Waals surface area contributed by atoms with E-state index in [1.807, 2.05) is 6.07 Å². The van der Waals surface area contributed by atoms with Crippen LogP contribution >= 0.6 is 39.1 Å². The Kier molecular flexibility index (Phi) is 9.50. The maximum Gasteiger partial charge on any atom is 0.313 e. The van der Waals surface area contributed by atoms with Crippen LogP contribution in [0, 0.1) is 6.92 Å². The zero-order valence-corrected chi connectivity index (χ0v) is 24.4. The Hall–Kier alpha value is -3.11. The highest BCUT2D eigenvalue weighted by Crippen LogP contribution is 2.33. The van der Waals surface area contributed by atoms with Gasteiger partial charge in [-0.05, 0) is 48.9 Å². The van der Waals surface area contributed by atoms with E-state index < -0.39 is 11.8 Å². The number of nitrogens with zero attached hydrogens (tertiary/aromatic N) is 2. The van der Waals surface area contributed by atoms with Gasteiger partial charge < -0.3 is 24.6 Å². The van der Waals surface area contributed by atoms with Gasteiger partial charge in [-0.1, -0.05) is 51.3 Å². The van der Waals surface area contributed by atoms with Crippen LogP contribution in [0.3, 0.4) is 0 Å². The van der Waals surface area contributed by atoms with Crippen LogP contribution in [0.4, 0.5) is 5.69 Å². The molecular weight excluding hydrogens is 609 g/mol. The van der Waals surface area contributed by atoms with E-state index in [4.69, 9.17) is 32.7 Å². The van der Waals surface area contributed by atoms with Gasteiger partial charge in [0.15, 0.2) is 0 Å². The first-order valence-electron chi connectivity index (χ1n) is 12.1. The third-order valence-corrected chi connectivity index (χ3v) is 7.44. The summed E-state index contributed by atoms with van der Waals surface area (Å²) in [5.74, 6) is -0.756. The standard InChI is InChI=1S/C28H26BrCl2N3O5/c1-17-21(27(36)34-10-12-38-13-11-34)4-3-5-24(17)32-26(35)28(37)33(2)16-18-6-7-19(29)14-25(18)39-20-8-9-22(30)23(31)15-20/h3-9,14-15H,10-13,16H2,1-2H3,(H,32,35). The monoisotopic (exact) mass is 633 g/mol. The molecule has 8 nitrogen and oxygen atoms in total. The van der Waals surface area contributed by atoms with Crippen molar-refractivity contribution in [2.24, 2.45) is 0 Å². The molecule has 3 aromatic rings. The molecule has 0 saturated carbocycles. The zero-order valence-electron chi connectivity index (χ0n) is 21.3. The SMILES string of the molecule is Cc1c(NC(=O)C(=O)N(C)Cc2ccc(Br)cc2Oc2ccc(Cl)c(Cl)c2)cccc1C(=O)N1CCOCC1. The number of nitrogens with one attached hydrogen (secondary N) is 1. The van der Waals surface area contributed by atoms with Crippen LogP contribution in [-0.4, -0.2) is 60.9 Å². The normalized spacial score (nSPS) is 13.1. The highest BCUT2D eigenvalue weighted by atomic mass is 79.9. The van der Waals surface area contributed by atoms with E-state index in [1.165, 1.54) is 11.9 Å². The molecule has 3 amide bonds. The number of morpholine rings is 1. The van der Waals surface area contributed by atoms with E-state index in [9.17, 15) is 14.4 Å². The number of ether oxygens (including phenoxy) is 2. The Morgan fingerprint density at radius 2 is 1.79 bits per heavy atom. The molecule has 1 heterocycles. The first-order valence-corrected chi connectivity index (χ1v) is 13.6. The number of amides is 3. The Balaban J connectivity index is 1.45. The predicted octanol–water partition coefficient (Wildman–Crippen LogP) is 5.93. The van der Waals surface area contributed by atoms with Gasteiger partial charge in [0.05, 0.1) is 23.3 Å². The lowest BCUT2D eigenvalue weighted by molar-refractivity contribution is -0.142. The van der Waals surface area contributed by atoms with E-state index >= 15 is 0 Å². The molecule has 1 aliphatic rings. The van der Waals surface area contributed by atoms with Gasteiger partial charge in [0, 0.05) is 54.0 Å². The Morgan fingerprint density at radius 3 is 2.51 bits per heavy atom. The summed E-state index contributed by atoms with van der Waals surface area (Å²) >= 11 is 15.5. The van der Waals surface area contributed by atoms with Gasteiger partial charge in [-0.3, -0.25) is 14.4 Å². The minimum absolute atomic E-state index is 0.102. The van der Waals surface area contributed by atoms with Crippen LogP contribution < -0.4 is 10.1 Å². The third kappa shape index (κ3) is 7.10. The van der Waals surface area contributed by atoms with E-state index in [-0.39, 0.29) is 12.5 Å². The number of anilines is 1. The van der Waals surface area contributed by atoms with Gasteiger partial charge in [0.2, 0.25) is 0 Å². The number of benzene rings is 3. The second-order valence-electron chi connectivity index (χ2n) is 8.93. The van der Waals surface area contributed by atoms with E-state index in [0.29, 0.717) is 70.2 Å². The molecule has 0 radical (unpaired) electrons. The summed E-state index contributed by atoms with van der Waals surface area (Å²) in [5, 5.41) is 3.41. The van der Waals surface area contributed by atoms with Gasteiger partial charge in [-0.2, -0.15) is 0 Å². The number of carbonyl (C=O) groups is 3. The van der Waals surface area contributed by atoms with Crippen molar-refractivity contribution in [3.63, 3.8) is 0 Å². The van der Waals surface area contributed by atoms with Crippen molar-refractivity contribution in [2.45, 2.75) is 13.5 Å². The molecule has 0 unspecified atom stereocenters. The highest BCUT2D eigenvalue weighted by Gasteiger charge is 2.24. The van der Waals surface area contributed by atoms with E-state index in [1.54, 1.807) is 60.4 Å². The molecule has 1 saturated heterocycles. The molecule has 1 fully saturated rings. The summed E-state index contributed by atoms with van der Waals surface area (Å²) in [4.78, 5) is 41.9. The van der Waals surface area contributed by atoms with Gasteiger partial charge in [0.25, 0.3) is 5.91 Å². The fourth-order valence-corrected chi connectivity index (χ4v) is 4.67. The smallest absolute Gasteiger partial charge is 0.313 e. The first-order chi connectivity index (χ1) is 18.6. The predicted molar refractivity (Wildman–Crippen MR) is 154 cm³/mol. The fraction of sp³-hybridized carbons (Fsp3) is 0.250. The van der Waals surface area contributed by atoms with Gasteiger partial charge in [-0.15, -0.1) is 0 Å². The van der Waals surface area contributed by atoms with Crippen LogP contribution in [-0.2, 0) is 20.9 Å². The number of rotatable bonds is 6. The summed E-state index contributed by atoms with van der Waals surface area (Å²) in [6, 6.07) is 15.3. The van der Waals surface area contributed by atoms with Gasteiger partial charge >= 0.3 is 11.8 Å². The molecule has 3 aromatic carbocycles. The van der Waals surface area contributed by atoms with Crippen molar-refractivity contribution in [3.8, 4) is 11.5 Å². The van der Waals surface area contributed by atoms with Crippen LogP contribution in [0.25, 0.3) is 0 Å². The molecule has 1 aliphatic heterocycles. The fourth-order valence-electron chi connectivity index (χ4n) is 4.04. The second-order valence-corrected chi connectivity index (χ2v) is 10.7. The Bertz CT molecular complexity index is 1410. The Morgan fingerprint density at radius 1 is 1.05 bits per heavy atom. The molecular formula is C28H26BrCl2N3O5. The molecule has 4 rings (SSSR count). The van der Waals surface area contributed by atoms with Crippen molar-refractivity contribution in [2.75, 3.05) is 38.7 Å². The molecule has 204 valence electrons. The quantitative estimate of drug-likeness (QED) is 0.340. The number of hydrogen-bond donors (Lipinski definition) is 1. The molecule has 39 heavy (non-hydrogen) atoms.